The fraction of sp³-hybridized carbons (Fsp3) is 0.571. The van der Waals surface area contributed by atoms with Crippen molar-refractivity contribution in [1.29, 1.82) is 0 Å². The van der Waals surface area contributed by atoms with Crippen LogP contribution in [0, 0.1) is 5.92 Å². The van der Waals surface area contributed by atoms with E-state index in [-0.39, 0.29) is 12.4 Å². The van der Waals surface area contributed by atoms with Gasteiger partial charge in [0.2, 0.25) is 0 Å². The summed E-state index contributed by atoms with van der Waals surface area (Å²) in [6.45, 7) is 4.65. The minimum atomic E-state index is 0. The van der Waals surface area contributed by atoms with Gasteiger partial charge in [-0.3, -0.25) is 4.90 Å². The number of piperidine rings is 1. The molecule has 0 saturated carbocycles. The van der Waals surface area contributed by atoms with Crippen LogP contribution in [0.2, 0.25) is 5.02 Å². The molecule has 0 atom stereocenters. The molecule has 0 spiro atoms. The number of benzene rings is 1. The molecule has 1 saturated heterocycles. The first-order valence-corrected chi connectivity index (χ1v) is 6.77. The van der Waals surface area contributed by atoms with E-state index in [4.69, 9.17) is 11.6 Å². The van der Waals surface area contributed by atoms with Crippen molar-refractivity contribution in [3.05, 3.63) is 34.9 Å². The van der Waals surface area contributed by atoms with Crippen LogP contribution >= 0.6 is 24.0 Å². The minimum absolute atomic E-state index is 0. The van der Waals surface area contributed by atoms with Gasteiger partial charge in [0.15, 0.2) is 0 Å². The fourth-order valence-corrected chi connectivity index (χ4v) is 2.61. The Morgan fingerprint density at radius 2 is 1.83 bits per heavy atom. The zero-order valence-corrected chi connectivity index (χ0v) is 12.4. The van der Waals surface area contributed by atoms with Crippen LogP contribution in [0.3, 0.4) is 0 Å². The van der Waals surface area contributed by atoms with Gasteiger partial charge in [-0.2, -0.15) is 0 Å². The van der Waals surface area contributed by atoms with Gasteiger partial charge in [-0.05, 0) is 63.1 Å². The molecule has 1 fully saturated rings. The SMILES string of the molecule is CNCC1CCN(Cc2ccc(Cl)cc2)CC1.Cl. The van der Waals surface area contributed by atoms with Crippen LogP contribution in [0.4, 0.5) is 0 Å². The Kier molecular flexibility index (Phi) is 7.02. The summed E-state index contributed by atoms with van der Waals surface area (Å²) in [6, 6.07) is 8.21. The van der Waals surface area contributed by atoms with Crippen molar-refractivity contribution >= 4 is 24.0 Å². The smallest absolute Gasteiger partial charge is 0.0406 e. The number of halogens is 2. The van der Waals surface area contributed by atoms with Gasteiger partial charge < -0.3 is 5.32 Å². The lowest BCUT2D eigenvalue weighted by atomic mass is 9.96. The van der Waals surface area contributed by atoms with Crippen molar-refractivity contribution in [3.8, 4) is 0 Å². The summed E-state index contributed by atoms with van der Waals surface area (Å²) in [5.74, 6) is 0.862. The average Bonchev–Trinajstić information content (AvgIpc) is 2.35. The van der Waals surface area contributed by atoms with Crippen LogP contribution in [0.1, 0.15) is 18.4 Å². The van der Waals surface area contributed by atoms with E-state index in [0.717, 1.165) is 24.0 Å². The first kappa shape index (κ1) is 15.8. The molecule has 0 aliphatic carbocycles. The monoisotopic (exact) mass is 288 g/mol. The van der Waals surface area contributed by atoms with Crippen LogP contribution < -0.4 is 5.32 Å². The second-order valence-electron chi connectivity index (χ2n) is 4.90. The predicted octanol–water partition coefficient (Wildman–Crippen LogP) is 3.19. The summed E-state index contributed by atoms with van der Waals surface area (Å²) in [5, 5.41) is 4.10. The number of nitrogens with one attached hydrogen (secondary N) is 1. The van der Waals surface area contributed by atoms with Crippen molar-refractivity contribution in [3.63, 3.8) is 0 Å². The molecule has 4 heteroatoms. The van der Waals surface area contributed by atoms with Crippen molar-refractivity contribution in [2.24, 2.45) is 5.92 Å². The van der Waals surface area contributed by atoms with Gasteiger partial charge in [0.05, 0.1) is 0 Å². The molecule has 102 valence electrons. The zero-order valence-electron chi connectivity index (χ0n) is 10.9. The van der Waals surface area contributed by atoms with E-state index in [1.165, 1.54) is 31.5 Å². The minimum Gasteiger partial charge on any atom is -0.319 e. The number of rotatable bonds is 4. The molecule has 1 aliphatic heterocycles. The highest BCUT2D eigenvalue weighted by atomic mass is 35.5. The summed E-state index contributed by atoms with van der Waals surface area (Å²) in [4.78, 5) is 2.54. The predicted molar refractivity (Wildman–Crippen MR) is 80.6 cm³/mol. The van der Waals surface area contributed by atoms with E-state index in [0.29, 0.717) is 0 Å². The molecule has 1 aromatic rings. The third-order valence-electron chi connectivity index (χ3n) is 3.52. The average molecular weight is 289 g/mol. The Hall–Kier alpha value is -0.280. The third-order valence-corrected chi connectivity index (χ3v) is 3.77. The normalized spacial score (nSPS) is 17.4. The summed E-state index contributed by atoms with van der Waals surface area (Å²) in [6.07, 6.45) is 2.63. The highest BCUT2D eigenvalue weighted by Gasteiger charge is 2.18. The first-order chi connectivity index (χ1) is 8.28. The van der Waals surface area contributed by atoms with Crippen molar-refractivity contribution in [1.82, 2.24) is 10.2 Å². The lowest BCUT2D eigenvalue weighted by Gasteiger charge is -2.31. The van der Waals surface area contributed by atoms with E-state index in [2.05, 4.69) is 22.3 Å². The van der Waals surface area contributed by atoms with Crippen LogP contribution in [-0.2, 0) is 6.54 Å². The molecule has 0 bridgehead atoms. The van der Waals surface area contributed by atoms with Crippen molar-refractivity contribution in [2.45, 2.75) is 19.4 Å². The maximum atomic E-state index is 5.89. The third kappa shape index (κ3) is 4.77. The molecular weight excluding hydrogens is 267 g/mol. The van der Waals surface area contributed by atoms with Crippen LogP contribution in [0.5, 0.6) is 0 Å². The summed E-state index contributed by atoms with van der Waals surface area (Å²) < 4.78 is 0. The molecule has 1 heterocycles. The summed E-state index contributed by atoms with van der Waals surface area (Å²) in [7, 11) is 2.04. The zero-order chi connectivity index (χ0) is 12.1. The van der Waals surface area contributed by atoms with Gasteiger partial charge in [0.25, 0.3) is 0 Å². The largest absolute Gasteiger partial charge is 0.319 e. The van der Waals surface area contributed by atoms with Gasteiger partial charge >= 0.3 is 0 Å². The van der Waals surface area contributed by atoms with Crippen molar-refractivity contribution in [2.75, 3.05) is 26.7 Å². The Morgan fingerprint density at radius 3 is 2.39 bits per heavy atom. The van der Waals surface area contributed by atoms with E-state index in [9.17, 15) is 0 Å². The molecule has 1 aromatic carbocycles. The lowest BCUT2D eigenvalue weighted by Crippen LogP contribution is -2.36. The maximum absolute atomic E-state index is 5.89. The summed E-state index contributed by atoms with van der Waals surface area (Å²) >= 11 is 5.89. The number of nitrogens with zero attached hydrogens (tertiary/aromatic N) is 1. The molecule has 0 aromatic heterocycles. The van der Waals surface area contributed by atoms with E-state index >= 15 is 0 Å². The van der Waals surface area contributed by atoms with Crippen LogP contribution in [0.25, 0.3) is 0 Å². The van der Waals surface area contributed by atoms with E-state index < -0.39 is 0 Å². The molecular formula is C14H22Cl2N2. The Morgan fingerprint density at radius 1 is 1.22 bits per heavy atom. The van der Waals surface area contributed by atoms with Gasteiger partial charge in [0, 0.05) is 11.6 Å². The molecule has 0 amide bonds. The van der Waals surface area contributed by atoms with E-state index in [1.807, 2.05) is 19.2 Å². The number of likely N-dealkylation sites (tertiary alicyclic amines) is 1. The molecule has 2 nitrogen and oxygen atoms in total. The molecule has 18 heavy (non-hydrogen) atoms. The second-order valence-corrected chi connectivity index (χ2v) is 5.34. The highest BCUT2D eigenvalue weighted by molar-refractivity contribution is 6.30. The van der Waals surface area contributed by atoms with Gasteiger partial charge in [0.1, 0.15) is 0 Å². The maximum Gasteiger partial charge on any atom is 0.0406 e. The Balaban J connectivity index is 0.00000162. The van der Waals surface area contributed by atoms with Crippen molar-refractivity contribution < 1.29 is 0 Å². The number of hydrogen-bond acceptors (Lipinski definition) is 2. The molecule has 1 N–H and O–H groups in total. The highest BCUT2D eigenvalue weighted by Crippen LogP contribution is 2.19. The molecule has 1 aliphatic rings. The van der Waals surface area contributed by atoms with Crippen LogP contribution in [-0.4, -0.2) is 31.6 Å². The Labute approximate surface area is 121 Å². The molecule has 2 rings (SSSR count). The number of hydrogen-bond donors (Lipinski definition) is 1. The summed E-state index contributed by atoms with van der Waals surface area (Å²) in [5.41, 5.74) is 1.36. The molecule has 0 unspecified atom stereocenters. The Bertz CT molecular complexity index is 332. The van der Waals surface area contributed by atoms with Gasteiger partial charge in [-0.1, -0.05) is 23.7 Å². The quantitative estimate of drug-likeness (QED) is 0.915. The standard InChI is InChI=1S/C14H21ClN2.ClH/c1-16-10-12-6-8-17(9-7-12)11-13-2-4-14(15)5-3-13;/h2-5,12,16H,6-11H2,1H3;1H. The topological polar surface area (TPSA) is 15.3 Å². The first-order valence-electron chi connectivity index (χ1n) is 6.39. The fourth-order valence-electron chi connectivity index (χ4n) is 2.49. The lowest BCUT2D eigenvalue weighted by molar-refractivity contribution is 0.177. The van der Waals surface area contributed by atoms with Crippen LogP contribution in [0.15, 0.2) is 24.3 Å². The van der Waals surface area contributed by atoms with Gasteiger partial charge in [-0.25, -0.2) is 0 Å². The second kappa shape index (κ2) is 8.00. The van der Waals surface area contributed by atoms with Gasteiger partial charge in [-0.15, -0.1) is 12.4 Å². The molecule has 0 radical (unpaired) electrons. The van der Waals surface area contributed by atoms with E-state index in [1.54, 1.807) is 0 Å².